The van der Waals surface area contributed by atoms with E-state index in [1.807, 2.05) is 0 Å². The van der Waals surface area contributed by atoms with E-state index in [0.29, 0.717) is 18.0 Å². The number of alkyl halides is 1. The Bertz CT molecular complexity index is 270. The molecule has 0 aromatic heterocycles. The molecule has 0 amide bonds. The van der Waals surface area contributed by atoms with Crippen molar-refractivity contribution in [2.45, 2.75) is 56.8 Å². The zero-order valence-corrected chi connectivity index (χ0v) is 8.80. The molecule has 4 rings (SSSR count). The molecule has 0 aromatic carbocycles. The van der Waals surface area contributed by atoms with E-state index < -0.39 is 5.67 Å². The van der Waals surface area contributed by atoms with Crippen molar-refractivity contribution in [3.63, 3.8) is 0 Å². The Labute approximate surface area is 85.0 Å². The van der Waals surface area contributed by atoms with Gasteiger partial charge in [0.1, 0.15) is 5.67 Å². The molecule has 2 aliphatic heterocycles. The Morgan fingerprint density at radius 3 is 2.29 bits per heavy atom. The molecule has 0 spiro atoms. The van der Waals surface area contributed by atoms with E-state index in [9.17, 15) is 4.39 Å². The molecule has 4 fully saturated rings. The lowest BCUT2D eigenvalue weighted by Crippen LogP contribution is -2.62. The van der Waals surface area contributed by atoms with Gasteiger partial charge in [-0.05, 0) is 32.1 Å². The normalized spacial score (nSPS) is 49.9. The molecule has 0 aromatic rings. The monoisotopic (exact) mass is 195 g/mol. The number of halogens is 1. The van der Waals surface area contributed by atoms with Gasteiger partial charge < -0.3 is 4.90 Å². The van der Waals surface area contributed by atoms with Crippen LogP contribution < -0.4 is 0 Å². The molecule has 4 bridgehead atoms. The number of hydrogen-bond donors (Lipinski definition) is 0. The van der Waals surface area contributed by atoms with Crippen LogP contribution in [0.2, 0.25) is 0 Å². The molecule has 0 radical (unpaired) electrons. The van der Waals surface area contributed by atoms with Gasteiger partial charge in [-0.2, -0.15) is 0 Å². The first-order valence-corrected chi connectivity index (χ1v) is 5.70. The predicted octanol–water partition coefficient (Wildman–Crippen LogP) is 2.88. The fourth-order valence-electron chi connectivity index (χ4n) is 4.16. The van der Waals surface area contributed by atoms with Crippen LogP contribution in [0.4, 0.5) is 4.39 Å². The van der Waals surface area contributed by atoms with Crippen LogP contribution in [0.5, 0.6) is 0 Å². The van der Waals surface area contributed by atoms with Crippen molar-refractivity contribution in [3.05, 3.63) is 12.3 Å². The predicted molar refractivity (Wildman–Crippen MR) is 54.6 cm³/mol. The van der Waals surface area contributed by atoms with Crippen molar-refractivity contribution in [1.82, 2.24) is 4.90 Å². The Morgan fingerprint density at radius 1 is 1.29 bits per heavy atom. The average molecular weight is 195 g/mol. The molecule has 2 saturated carbocycles. The summed E-state index contributed by atoms with van der Waals surface area (Å²) in [6.45, 7) is 6.09. The lowest BCUT2D eigenvalue weighted by Gasteiger charge is -2.59. The Morgan fingerprint density at radius 2 is 1.86 bits per heavy atom. The number of rotatable bonds is 1. The maximum atomic E-state index is 14.3. The molecule has 14 heavy (non-hydrogen) atoms. The molecule has 78 valence electrons. The third kappa shape index (κ3) is 1.06. The average Bonchev–Trinajstić information content (AvgIpc) is 1.97. The molecule has 2 saturated heterocycles. The summed E-state index contributed by atoms with van der Waals surface area (Å²) in [6, 6.07) is 0.924. The highest BCUT2D eigenvalue weighted by Crippen LogP contribution is 2.53. The summed E-state index contributed by atoms with van der Waals surface area (Å²) in [7, 11) is 0. The van der Waals surface area contributed by atoms with E-state index in [4.69, 9.17) is 0 Å². The standard InChI is InChI=1S/C12H18FN/c1-8(2)14-10-3-9-4-11(14)7-12(13,5-9)6-10/h9-11H,1,3-7H2,2H3. The van der Waals surface area contributed by atoms with Crippen LogP contribution in [0.3, 0.4) is 0 Å². The van der Waals surface area contributed by atoms with Gasteiger partial charge in [0.15, 0.2) is 0 Å². The van der Waals surface area contributed by atoms with E-state index in [0.717, 1.165) is 25.0 Å². The summed E-state index contributed by atoms with van der Waals surface area (Å²) in [6.07, 6.45) is 4.76. The van der Waals surface area contributed by atoms with Gasteiger partial charge in [-0.3, -0.25) is 0 Å². The minimum absolute atomic E-state index is 0.462. The second-order valence-electron chi connectivity index (χ2n) is 5.55. The Kier molecular flexibility index (Phi) is 1.58. The highest BCUT2D eigenvalue weighted by molar-refractivity contribution is 5.13. The molecule has 2 heterocycles. The molecule has 2 atom stereocenters. The zero-order valence-electron chi connectivity index (χ0n) is 8.80. The minimum Gasteiger partial charge on any atom is -0.369 e. The van der Waals surface area contributed by atoms with Gasteiger partial charge in [0.25, 0.3) is 0 Å². The largest absolute Gasteiger partial charge is 0.369 e. The molecule has 0 N–H and O–H groups in total. The molecule has 1 nitrogen and oxygen atoms in total. The molecule has 2 unspecified atom stereocenters. The minimum atomic E-state index is -0.817. The van der Waals surface area contributed by atoms with Crippen LogP contribution in [0.1, 0.15) is 39.0 Å². The Hall–Kier alpha value is -0.530. The smallest absolute Gasteiger partial charge is 0.115 e. The molecular weight excluding hydrogens is 177 g/mol. The first-order valence-electron chi connectivity index (χ1n) is 5.70. The van der Waals surface area contributed by atoms with Crippen LogP contribution in [-0.2, 0) is 0 Å². The van der Waals surface area contributed by atoms with Gasteiger partial charge >= 0.3 is 0 Å². The van der Waals surface area contributed by atoms with Crippen molar-refractivity contribution in [3.8, 4) is 0 Å². The van der Waals surface area contributed by atoms with Crippen LogP contribution in [-0.4, -0.2) is 22.7 Å². The van der Waals surface area contributed by atoms with E-state index in [2.05, 4.69) is 18.4 Å². The highest BCUT2D eigenvalue weighted by atomic mass is 19.1. The fourth-order valence-corrected chi connectivity index (χ4v) is 4.16. The first kappa shape index (κ1) is 8.75. The van der Waals surface area contributed by atoms with E-state index in [1.54, 1.807) is 0 Å². The van der Waals surface area contributed by atoms with Crippen LogP contribution in [0.25, 0.3) is 0 Å². The van der Waals surface area contributed by atoms with Gasteiger partial charge in [0, 0.05) is 30.6 Å². The van der Waals surface area contributed by atoms with Gasteiger partial charge in [-0.1, -0.05) is 6.58 Å². The summed E-state index contributed by atoms with van der Waals surface area (Å²) in [5.41, 5.74) is 0.324. The molecule has 4 aliphatic rings. The van der Waals surface area contributed by atoms with E-state index >= 15 is 0 Å². The van der Waals surface area contributed by atoms with Crippen LogP contribution >= 0.6 is 0 Å². The molecule has 2 heteroatoms. The summed E-state index contributed by atoms with van der Waals surface area (Å²) in [4.78, 5) is 2.40. The summed E-state index contributed by atoms with van der Waals surface area (Å²) in [5.74, 6) is 0.660. The SMILES string of the molecule is C=C(C)N1C2CC3CC1CC(F)(C3)C2. The number of hydrogen-bond acceptors (Lipinski definition) is 1. The Balaban J connectivity index is 1.93. The second kappa shape index (κ2) is 2.53. The first-order chi connectivity index (χ1) is 6.57. The maximum Gasteiger partial charge on any atom is 0.115 e. The van der Waals surface area contributed by atoms with E-state index in [-0.39, 0.29) is 0 Å². The maximum absolute atomic E-state index is 14.3. The fraction of sp³-hybridized carbons (Fsp3) is 0.833. The van der Waals surface area contributed by atoms with Gasteiger partial charge in [0.2, 0.25) is 0 Å². The van der Waals surface area contributed by atoms with E-state index in [1.165, 1.54) is 12.8 Å². The van der Waals surface area contributed by atoms with Gasteiger partial charge in [0.05, 0.1) is 0 Å². The van der Waals surface area contributed by atoms with Crippen LogP contribution in [0, 0.1) is 5.92 Å². The van der Waals surface area contributed by atoms with Gasteiger partial charge in [-0.25, -0.2) is 4.39 Å². The van der Waals surface area contributed by atoms with Gasteiger partial charge in [-0.15, -0.1) is 0 Å². The highest BCUT2D eigenvalue weighted by Gasteiger charge is 2.54. The van der Waals surface area contributed by atoms with Crippen molar-refractivity contribution in [1.29, 1.82) is 0 Å². The van der Waals surface area contributed by atoms with Crippen molar-refractivity contribution in [2.75, 3.05) is 0 Å². The lowest BCUT2D eigenvalue weighted by atomic mass is 9.62. The number of piperidine rings is 2. The topological polar surface area (TPSA) is 3.24 Å². The quantitative estimate of drug-likeness (QED) is 0.622. The van der Waals surface area contributed by atoms with Crippen molar-refractivity contribution >= 4 is 0 Å². The van der Waals surface area contributed by atoms with Crippen molar-refractivity contribution < 1.29 is 4.39 Å². The number of allylic oxidation sites excluding steroid dienone is 1. The third-order valence-electron chi connectivity index (χ3n) is 4.30. The zero-order chi connectivity index (χ0) is 9.92. The lowest BCUT2D eigenvalue weighted by molar-refractivity contribution is -0.105. The molecular formula is C12H18FN. The third-order valence-corrected chi connectivity index (χ3v) is 4.30. The second-order valence-corrected chi connectivity index (χ2v) is 5.55. The van der Waals surface area contributed by atoms with Crippen LogP contribution in [0.15, 0.2) is 12.3 Å². The molecule has 2 aliphatic carbocycles. The summed E-state index contributed by atoms with van der Waals surface area (Å²) in [5, 5.41) is 0. The summed E-state index contributed by atoms with van der Waals surface area (Å²) < 4.78 is 14.3. The number of nitrogens with zero attached hydrogens (tertiary/aromatic N) is 1. The summed E-state index contributed by atoms with van der Waals surface area (Å²) >= 11 is 0. The van der Waals surface area contributed by atoms with Crippen molar-refractivity contribution in [2.24, 2.45) is 5.92 Å².